The van der Waals surface area contributed by atoms with Gasteiger partial charge < -0.3 is 10.1 Å². The lowest BCUT2D eigenvalue weighted by Crippen LogP contribution is -2.36. The van der Waals surface area contributed by atoms with E-state index < -0.39 is 5.97 Å². The largest absolute Gasteiger partial charge is 0.455 e. The summed E-state index contributed by atoms with van der Waals surface area (Å²) in [6.45, 7) is -0.228. The minimum absolute atomic E-state index is 0.106. The van der Waals surface area contributed by atoms with Crippen molar-refractivity contribution in [3.63, 3.8) is 0 Å². The first-order valence-corrected chi connectivity index (χ1v) is 11.4. The van der Waals surface area contributed by atoms with Crippen LogP contribution in [0.15, 0.2) is 47.8 Å². The van der Waals surface area contributed by atoms with E-state index in [0.717, 1.165) is 51.7 Å². The zero-order valence-corrected chi connectivity index (χ0v) is 17.6. The fraction of sp³-hybridized carbons (Fsp3) is 0.318. The molecule has 0 saturated heterocycles. The lowest BCUT2D eigenvalue weighted by atomic mass is 10.2. The van der Waals surface area contributed by atoms with E-state index in [0.29, 0.717) is 0 Å². The van der Waals surface area contributed by atoms with Gasteiger partial charge in [0.1, 0.15) is 5.01 Å². The van der Waals surface area contributed by atoms with Crippen molar-refractivity contribution in [1.82, 2.24) is 10.3 Å². The summed E-state index contributed by atoms with van der Waals surface area (Å²) in [6, 6.07) is 14.1. The molecule has 0 atom stereocenters. The number of nitrogens with one attached hydrogen (secondary N) is 1. The Morgan fingerprint density at radius 3 is 2.62 bits per heavy atom. The third-order valence-corrected chi connectivity index (χ3v) is 6.84. The molecule has 1 fully saturated rings. The van der Waals surface area contributed by atoms with E-state index in [1.807, 2.05) is 47.8 Å². The van der Waals surface area contributed by atoms with Crippen LogP contribution in [-0.4, -0.2) is 29.5 Å². The number of hydrogen-bond donors (Lipinski definition) is 1. The van der Waals surface area contributed by atoms with Gasteiger partial charge in [-0.2, -0.15) is 0 Å². The number of hydrogen-bond acceptors (Lipinski definition) is 6. The molecule has 0 aliphatic heterocycles. The number of benzene rings is 1. The van der Waals surface area contributed by atoms with Crippen molar-refractivity contribution in [2.45, 2.75) is 38.1 Å². The summed E-state index contributed by atoms with van der Waals surface area (Å²) in [7, 11) is 0. The fourth-order valence-corrected chi connectivity index (χ4v) is 5.32. The van der Waals surface area contributed by atoms with Crippen molar-refractivity contribution < 1.29 is 14.3 Å². The van der Waals surface area contributed by atoms with Crippen LogP contribution in [0.1, 0.15) is 30.6 Å². The molecule has 2 aromatic heterocycles. The lowest BCUT2D eigenvalue weighted by Gasteiger charge is -2.11. The number of thiophene rings is 1. The van der Waals surface area contributed by atoms with Gasteiger partial charge in [0.25, 0.3) is 5.91 Å². The highest BCUT2D eigenvalue weighted by Gasteiger charge is 2.20. The molecule has 7 heteroatoms. The van der Waals surface area contributed by atoms with Crippen molar-refractivity contribution in [3.8, 4) is 21.1 Å². The number of rotatable bonds is 7. The van der Waals surface area contributed by atoms with E-state index in [9.17, 15) is 9.59 Å². The van der Waals surface area contributed by atoms with Crippen molar-refractivity contribution in [1.29, 1.82) is 0 Å². The highest BCUT2D eigenvalue weighted by atomic mass is 32.1. The van der Waals surface area contributed by atoms with Crippen LogP contribution in [0.5, 0.6) is 0 Å². The summed E-state index contributed by atoms with van der Waals surface area (Å²) in [4.78, 5) is 31.1. The molecule has 5 nitrogen and oxygen atoms in total. The molecular formula is C22H22N2O3S2. The van der Waals surface area contributed by atoms with Gasteiger partial charge in [-0.05, 0) is 24.3 Å². The summed E-state index contributed by atoms with van der Waals surface area (Å²) in [5.74, 6) is -0.634. The Balaban J connectivity index is 1.43. The molecule has 0 spiro atoms. The normalized spacial score (nSPS) is 14.1. The van der Waals surface area contributed by atoms with E-state index in [2.05, 4.69) is 5.32 Å². The number of esters is 1. The molecule has 1 aliphatic rings. The number of carbonyl (C=O) groups is 2. The second kappa shape index (κ2) is 9.33. The number of aromatic nitrogens is 1. The topological polar surface area (TPSA) is 68.3 Å². The quantitative estimate of drug-likeness (QED) is 0.557. The van der Waals surface area contributed by atoms with Gasteiger partial charge in [-0.15, -0.1) is 22.7 Å². The lowest BCUT2D eigenvalue weighted by molar-refractivity contribution is -0.148. The number of nitrogens with zero attached hydrogens (tertiary/aromatic N) is 1. The van der Waals surface area contributed by atoms with Crippen LogP contribution in [0, 0.1) is 0 Å². The molecule has 150 valence electrons. The highest BCUT2D eigenvalue weighted by Crippen LogP contribution is 2.36. The summed E-state index contributed by atoms with van der Waals surface area (Å²) >= 11 is 3.08. The highest BCUT2D eigenvalue weighted by molar-refractivity contribution is 7.17. The number of thiazole rings is 1. The first-order valence-electron chi connectivity index (χ1n) is 9.73. The van der Waals surface area contributed by atoms with Crippen molar-refractivity contribution in [2.75, 3.05) is 6.61 Å². The molecule has 2 heterocycles. The van der Waals surface area contributed by atoms with Gasteiger partial charge in [-0.1, -0.05) is 49.2 Å². The van der Waals surface area contributed by atoms with Crippen LogP contribution >= 0.6 is 22.7 Å². The Morgan fingerprint density at radius 1 is 1.10 bits per heavy atom. The molecule has 1 saturated carbocycles. The van der Waals surface area contributed by atoms with Crippen molar-refractivity contribution in [3.05, 3.63) is 52.7 Å². The SMILES string of the molecule is O=C(COC(=O)Cc1sc(-c2ccccc2)nc1-c1cccs1)NC1CCCC1. The summed E-state index contributed by atoms with van der Waals surface area (Å²) in [5, 5.41) is 5.80. The summed E-state index contributed by atoms with van der Waals surface area (Å²) in [5.41, 5.74) is 1.84. The molecule has 1 N–H and O–H groups in total. The molecule has 1 aliphatic carbocycles. The monoisotopic (exact) mass is 426 g/mol. The Kier molecular flexibility index (Phi) is 6.36. The second-order valence-electron chi connectivity index (χ2n) is 7.02. The van der Waals surface area contributed by atoms with Crippen LogP contribution in [-0.2, 0) is 20.7 Å². The first kappa shape index (κ1) is 19.8. The Labute approximate surface area is 177 Å². The van der Waals surface area contributed by atoms with E-state index in [1.54, 1.807) is 11.3 Å². The maximum atomic E-state index is 12.4. The molecule has 1 aromatic carbocycles. The molecule has 0 bridgehead atoms. The van der Waals surface area contributed by atoms with Gasteiger partial charge in [0, 0.05) is 16.5 Å². The average Bonchev–Trinajstić information content (AvgIpc) is 3.49. The molecule has 29 heavy (non-hydrogen) atoms. The first-order chi connectivity index (χ1) is 14.2. The van der Waals surface area contributed by atoms with E-state index in [-0.39, 0.29) is 25.0 Å². The van der Waals surface area contributed by atoms with Gasteiger partial charge in [0.15, 0.2) is 6.61 Å². The smallest absolute Gasteiger partial charge is 0.311 e. The number of amides is 1. The molecule has 0 unspecified atom stereocenters. The molecule has 0 radical (unpaired) electrons. The number of carbonyl (C=O) groups excluding carboxylic acids is 2. The predicted octanol–water partition coefficient (Wildman–Crippen LogP) is 4.68. The minimum Gasteiger partial charge on any atom is -0.455 e. The zero-order chi connectivity index (χ0) is 20.1. The van der Waals surface area contributed by atoms with Crippen molar-refractivity contribution in [2.24, 2.45) is 0 Å². The molecule has 4 rings (SSSR count). The van der Waals surface area contributed by atoms with Gasteiger partial charge >= 0.3 is 5.97 Å². The number of ether oxygens (including phenoxy) is 1. The Bertz CT molecular complexity index is 961. The standard InChI is InChI=1S/C22H22N2O3S2/c25-19(23-16-9-4-5-10-16)14-27-20(26)13-18-21(17-11-6-12-28-17)24-22(29-18)15-7-2-1-3-8-15/h1-3,6-8,11-12,16H,4-5,9-10,13-14H2,(H,23,25). The molecule has 1 amide bonds. The van der Waals surface area contributed by atoms with E-state index in [1.165, 1.54) is 11.3 Å². The van der Waals surface area contributed by atoms with Gasteiger partial charge in [-0.25, -0.2) is 4.98 Å². The average molecular weight is 427 g/mol. The van der Waals surface area contributed by atoms with Gasteiger partial charge in [0.05, 0.1) is 17.0 Å². The van der Waals surface area contributed by atoms with Crippen LogP contribution in [0.3, 0.4) is 0 Å². The molecule has 3 aromatic rings. The Morgan fingerprint density at radius 2 is 1.90 bits per heavy atom. The van der Waals surface area contributed by atoms with E-state index in [4.69, 9.17) is 9.72 Å². The third-order valence-electron chi connectivity index (χ3n) is 4.86. The van der Waals surface area contributed by atoms with Crippen LogP contribution in [0.25, 0.3) is 21.1 Å². The zero-order valence-electron chi connectivity index (χ0n) is 15.9. The van der Waals surface area contributed by atoms with Crippen LogP contribution in [0.4, 0.5) is 0 Å². The van der Waals surface area contributed by atoms with Gasteiger partial charge in [0.2, 0.25) is 0 Å². The van der Waals surface area contributed by atoms with E-state index >= 15 is 0 Å². The second-order valence-corrected chi connectivity index (χ2v) is 9.05. The maximum Gasteiger partial charge on any atom is 0.311 e. The van der Waals surface area contributed by atoms with Crippen LogP contribution < -0.4 is 5.32 Å². The summed E-state index contributed by atoms with van der Waals surface area (Å²) in [6.07, 6.45) is 4.41. The van der Waals surface area contributed by atoms with Crippen molar-refractivity contribution >= 4 is 34.6 Å². The Hall–Kier alpha value is -2.51. The molecular weight excluding hydrogens is 404 g/mol. The maximum absolute atomic E-state index is 12.4. The summed E-state index contributed by atoms with van der Waals surface area (Å²) < 4.78 is 5.24. The predicted molar refractivity (Wildman–Crippen MR) is 116 cm³/mol. The third kappa shape index (κ3) is 5.10. The van der Waals surface area contributed by atoms with Gasteiger partial charge in [-0.3, -0.25) is 9.59 Å². The van der Waals surface area contributed by atoms with Crippen LogP contribution in [0.2, 0.25) is 0 Å². The minimum atomic E-state index is -0.410. The fourth-order valence-electron chi connectivity index (χ4n) is 3.45.